The van der Waals surface area contributed by atoms with Gasteiger partial charge in [-0.3, -0.25) is 0 Å². The number of nitrogens with one attached hydrogen (secondary N) is 1. The van der Waals surface area contributed by atoms with Crippen LogP contribution in [0.4, 0.5) is 17.1 Å². The Morgan fingerprint density at radius 3 is 2.23 bits per heavy atom. The van der Waals surface area contributed by atoms with Gasteiger partial charge in [0.15, 0.2) is 0 Å². The molecule has 0 amide bonds. The summed E-state index contributed by atoms with van der Waals surface area (Å²) in [6.07, 6.45) is 9.94. The summed E-state index contributed by atoms with van der Waals surface area (Å²) < 4.78 is 0. The zero-order chi connectivity index (χ0) is 14.9. The summed E-state index contributed by atoms with van der Waals surface area (Å²) in [6, 6.07) is 11.0. The minimum absolute atomic E-state index is 0.883. The summed E-state index contributed by atoms with van der Waals surface area (Å²) in [7, 11) is 0. The standard InChI is InChI=1S/C20H24N2/c21-18-13-12-15-7-2-4-10-17(15)20(18)22-19-11-5-8-14-6-1-3-9-16(14)19/h5,8,11-13,22H,1-4,6-7,9-10,21H2. The van der Waals surface area contributed by atoms with Crippen LogP contribution in [0.3, 0.4) is 0 Å². The second kappa shape index (κ2) is 5.68. The van der Waals surface area contributed by atoms with Crippen molar-refractivity contribution in [1.82, 2.24) is 0 Å². The Hall–Kier alpha value is -1.96. The largest absolute Gasteiger partial charge is 0.397 e. The molecule has 0 radical (unpaired) electrons. The molecule has 0 atom stereocenters. The van der Waals surface area contributed by atoms with E-state index in [-0.39, 0.29) is 0 Å². The molecule has 0 spiro atoms. The van der Waals surface area contributed by atoms with Crippen molar-refractivity contribution in [3.8, 4) is 0 Å². The summed E-state index contributed by atoms with van der Waals surface area (Å²) in [5, 5.41) is 3.70. The maximum atomic E-state index is 6.31. The molecule has 2 aliphatic rings. The van der Waals surface area contributed by atoms with Crippen LogP contribution in [-0.2, 0) is 25.7 Å². The fourth-order valence-electron chi connectivity index (χ4n) is 4.03. The van der Waals surface area contributed by atoms with Crippen LogP contribution in [0.1, 0.15) is 47.9 Å². The lowest BCUT2D eigenvalue weighted by atomic mass is 9.88. The molecule has 2 nitrogen and oxygen atoms in total. The van der Waals surface area contributed by atoms with Gasteiger partial charge in [0.2, 0.25) is 0 Å². The van der Waals surface area contributed by atoms with Gasteiger partial charge in [-0.1, -0.05) is 18.2 Å². The molecule has 2 aromatic carbocycles. The summed E-state index contributed by atoms with van der Waals surface area (Å²) in [6.45, 7) is 0. The Labute approximate surface area is 132 Å². The van der Waals surface area contributed by atoms with Crippen LogP contribution in [0.15, 0.2) is 30.3 Å². The highest BCUT2D eigenvalue weighted by Crippen LogP contribution is 2.37. The second-order valence-corrected chi connectivity index (χ2v) is 6.65. The highest BCUT2D eigenvalue weighted by molar-refractivity contribution is 5.79. The van der Waals surface area contributed by atoms with Crippen molar-refractivity contribution in [2.45, 2.75) is 51.4 Å². The molecule has 0 saturated carbocycles. The molecular weight excluding hydrogens is 268 g/mol. The molecule has 22 heavy (non-hydrogen) atoms. The van der Waals surface area contributed by atoms with Crippen LogP contribution >= 0.6 is 0 Å². The molecule has 0 heterocycles. The van der Waals surface area contributed by atoms with Gasteiger partial charge in [0.1, 0.15) is 0 Å². The van der Waals surface area contributed by atoms with Gasteiger partial charge in [0.25, 0.3) is 0 Å². The summed E-state index contributed by atoms with van der Waals surface area (Å²) in [5.41, 5.74) is 15.6. The van der Waals surface area contributed by atoms with Crippen molar-refractivity contribution in [3.05, 3.63) is 52.6 Å². The first-order chi connectivity index (χ1) is 10.8. The van der Waals surface area contributed by atoms with E-state index in [1.165, 1.54) is 72.9 Å². The number of nitrogens with two attached hydrogens (primary N) is 1. The molecule has 0 bridgehead atoms. The van der Waals surface area contributed by atoms with E-state index in [1.54, 1.807) is 0 Å². The number of benzene rings is 2. The van der Waals surface area contributed by atoms with Crippen LogP contribution in [0, 0.1) is 0 Å². The minimum Gasteiger partial charge on any atom is -0.397 e. The van der Waals surface area contributed by atoms with Crippen LogP contribution < -0.4 is 11.1 Å². The van der Waals surface area contributed by atoms with Crippen molar-refractivity contribution in [2.75, 3.05) is 11.1 Å². The van der Waals surface area contributed by atoms with E-state index in [2.05, 4.69) is 35.6 Å². The Bertz CT molecular complexity index is 703. The molecule has 0 aliphatic heterocycles. The molecule has 2 heteroatoms. The maximum absolute atomic E-state index is 6.31. The normalized spacial score (nSPS) is 16.7. The fourth-order valence-corrected chi connectivity index (χ4v) is 4.03. The van der Waals surface area contributed by atoms with Gasteiger partial charge in [-0.2, -0.15) is 0 Å². The lowest BCUT2D eigenvalue weighted by molar-refractivity contribution is 0.684. The summed E-state index contributed by atoms with van der Waals surface area (Å²) >= 11 is 0. The fraction of sp³-hybridized carbons (Fsp3) is 0.400. The van der Waals surface area contributed by atoms with Gasteiger partial charge in [0.05, 0.1) is 11.4 Å². The molecule has 2 aromatic rings. The van der Waals surface area contributed by atoms with E-state index in [0.717, 1.165) is 17.8 Å². The average Bonchev–Trinajstić information content (AvgIpc) is 2.58. The van der Waals surface area contributed by atoms with Crippen LogP contribution in [0.25, 0.3) is 0 Å². The predicted octanol–water partition coefficient (Wildman–Crippen LogP) is 4.77. The average molecular weight is 292 g/mol. The molecule has 114 valence electrons. The first-order valence-corrected chi connectivity index (χ1v) is 8.61. The molecular formula is C20H24N2. The van der Waals surface area contributed by atoms with Gasteiger partial charge in [-0.05, 0) is 85.8 Å². The van der Waals surface area contributed by atoms with E-state index in [0.29, 0.717) is 0 Å². The minimum atomic E-state index is 0.883. The number of hydrogen-bond donors (Lipinski definition) is 2. The molecule has 0 unspecified atom stereocenters. The highest BCUT2D eigenvalue weighted by Gasteiger charge is 2.18. The third-order valence-electron chi connectivity index (χ3n) is 5.22. The smallest absolute Gasteiger partial charge is 0.0653 e. The van der Waals surface area contributed by atoms with Crippen molar-refractivity contribution >= 4 is 17.1 Å². The second-order valence-electron chi connectivity index (χ2n) is 6.65. The van der Waals surface area contributed by atoms with Crippen molar-refractivity contribution < 1.29 is 0 Å². The van der Waals surface area contributed by atoms with Crippen LogP contribution in [-0.4, -0.2) is 0 Å². The van der Waals surface area contributed by atoms with Crippen LogP contribution in [0.5, 0.6) is 0 Å². The van der Waals surface area contributed by atoms with Crippen molar-refractivity contribution in [1.29, 1.82) is 0 Å². The summed E-state index contributed by atoms with van der Waals surface area (Å²) in [4.78, 5) is 0. The Morgan fingerprint density at radius 2 is 1.41 bits per heavy atom. The number of rotatable bonds is 2. The monoisotopic (exact) mass is 292 g/mol. The summed E-state index contributed by atoms with van der Waals surface area (Å²) in [5.74, 6) is 0. The molecule has 4 rings (SSSR count). The Morgan fingerprint density at radius 1 is 0.727 bits per heavy atom. The van der Waals surface area contributed by atoms with E-state index in [9.17, 15) is 0 Å². The number of aryl methyl sites for hydroxylation is 2. The third kappa shape index (κ3) is 2.37. The van der Waals surface area contributed by atoms with Gasteiger partial charge < -0.3 is 11.1 Å². The Balaban J connectivity index is 1.75. The van der Waals surface area contributed by atoms with E-state index >= 15 is 0 Å². The molecule has 3 N–H and O–H groups in total. The van der Waals surface area contributed by atoms with Gasteiger partial charge in [-0.25, -0.2) is 0 Å². The van der Waals surface area contributed by atoms with Gasteiger partial charge in [0, 0.05) is 5.69 Å². The lowest BCUT2D eigenvalue weighted by Gasteiger charge is -2.25. The van der Waals surface area contributed by atoms with Gasteiger partial charge in [-0.15, -0.1) is 0 Å². The zero-order valence-electron chi connectivity index (χ0n) is 13.1. The predicted molar refractivity (Wildman–Crippen MR) is 93.9 cm³/mol. The van der Waals surface area contributed by atoms with E-state index < -0.39 is 0 Å². The third-order valence-corrected chi connectivity index (χ3v) is 5.22. The maximum Gasteiger partial charge on any atom is 0.0653 e. The molecule has 2 aliphatic carbocycles. The Kier molecular flexibility index (Phi) is 3.53. The first kappa shape index (κ1) is 13.7. The molecule has 0 saturated heterocycles. The zero-order valence-corrected chi connectivity index (χ0v) is 13.1. The SMILES string of the molecule is Nc1ccc2c(c1Nc1cccc3c1CCCC3)CCCC2. The topological polar surface area (TPSA) is 38.0 Å². The number of nitrogen functional groups attached to an aromatic ring is 1. The van der Waals surface area contributed by atoms with Crippen LogP contribution in [0.2, 0.25) is 0 Å². The highest BCUT2D eigenvalue weighted by atomic mass is 14.9. The van der Waals surface area contributed by atoms with Crippen molar-refractivity contribution in [2.24, 2.45) is 0 Å². The quantitative estimate of drug-likeness (QED) is 0.782. The molecule has 0 aromatic heterocycles. The number of fused-ring (bicyclic) bond motifs is 2. The number of hydrogen-bond acceptors (Lipinski definition) is 2. The van der Waals surface area contributed by atoms with Gasteiger partial charge >= 0.3 is 0 Å². The van der Waals surface area contributed by atoms with E-state index in [1.807, 2.05) is 0 Å². The number of anilines is 3. The van der Waals surface area contributed by atoms with E-state index in [4.69, 9.17) is 5.73 Å². The lowest BCUT2D eigenvalue weighted by Crippen LogP contribution is -2.11. The van der Waals surface area contributed by atoms with Crippen molar-refractivity contribution in [3.63, 3.8) is 0 Å². The first-order valence-electron chi connectivity index (χ1n) is 8.61. The molecule has 0 fully saturated rings.